The number of aromatic nitrogens is 2. The molecule has 1 heterocycles. The molecule has 0 spiro atoms. The van der Waals surface area contributed by atoms with Crippen LogP contribution in [0.25, 0.3) is 0 Å². The second-order valence-electron chi connectivity index (χ2n) is 4.19. The van der Waals surface area contributed by atoms with Crippen molar-refractivity contribution in [2.24, 2.45) is 5.92 Å². The molecule has 0 atom stereocenters. The van der Waals surface area contributed by atoms with Crippen LogP contribution in [0.1, 0.15) is 31.7 Å². The molecule has 1 aromatic heterocycles. The number of nitrogens with zero attached hydrogens (tertiary/aromatic N) is 2. The summed E-state index contributed by atoms with van der Waals surface area (Å²) in [6, 6.07) is 0. The van der Waals surface area contributed by atoms with E-state index in [1.807, 2.05) is 10.9 Å². The van der Waals surface area contributed by atoms with Crippen LogP contribution < -0.4 is 5.32 Å². The van der Waals surface area contributed by atoms with Crippen molar-refractivity contribution in [3.05, 3.63) is 18.0 Å². The van der Waals surface area contributed by atoms with Crippen molar-refractivity contribution in [2.75, 3.05) is 6.54 Å². The fraction of sp³-hybridized carbons (Fsp3) is 0.727. The van der Waals surface area contributed by atoms with Crippen molar-refractivity contribution >= 4 is 0 Å². The van der Waals surface area contributed by atoms with Gasteiger partial charge in [0.1, 0.15) is 0 Å². The Morgan fingerprint density at radius 3 is 3.14 bits per heavy atom. The van der Waals surface area contributed by atoms with Crippen LogP contribution in [0.4, 0.5) is 0 Å². The van der Waals surface area contributed by atoms with E-state index in [1.165, 1.54) is 24.9 Å². The Morgan fingerprint density at radius 2 is 2.43 bits per heavy atom. The third-order valence-corrected chi connectivity index (χ3v) is 2.60. The molecule has 3 heteroatoms. The molecule has 2 rings (SSSR count). The zero-order valence-electron chi connectivity index (χ0n) is 8.87. The fourth-order valence-corrected chi connectivity index (χ4v) is 1.59. The summed E-state index contributed by atoms with van der Waals surface area (Å²) in [6.07, 6.45) is 8.10. The average Bonchev–Trinajstić information content (AvgIpc) is 2.88. The third-order valence-electron chi connectivity index (χ3n) is 2.60. The predicted octanol–water partition coefficient (Wildman–Crippen LogP) is 1.79. The van der Waals surface area contributed by atoms with Crippen LogP contribution in [0, 0.1) is 5.92 Å². The van der Waals surface area contributed by atoms with Crippen LogP contribution in [-0.4, -0.2) is 16.3 Å². The molecule has 0 amide bonds. The van der Waals surface area contributed by atoms with Gasteiger partial charge in [-0.05, 0) is 31.7 Å². The van der Waals surface area contributed by atoms with E-state index < -0.39 is 0 Å². The molecule has 0 aliphatic heterocycles. The van der Waals surface area contributed by atoms with Gasteiger partial charge in [0.25, 0.3) is 0 Å². The second kappa shape index (κ2) is 4.60. The van der Waals surface area contributed by atoms with Gasteiger partial charge < -0.3 is 5.32 Å². The molecule has 1 N–H and O–H groups in total. The molecule has 0 unspecified atom stereocenters. The van der Waals surface area contributed by atoms with E-state index in [0.29, 0.717) is 0 Å². The maximum Gasteiger partial charge on any atom is 0.0534 e. The van der Waals surface area contributed by atoms with Crippen molar-refractivity contribution in [1.82, 2.24) is 15.1 Å². The first kappa shape index (κ1) is 9.71. The van der Waals surface area contributed by atoms with Gasteiger partial charge in [0, 0.05) is 24.8 Å². The summed E-state index contributed by atoms with van der Waals surface area (Å²) in [5.41, 5.74) is 1.30. The molecule has 14 heavy (non-hydrogen) atoms. The van der Waals surface area contributed by atoms with E-state index >= 15 is 0 Å². The van der Waals surface area contributed by atoms with Crippen molar-refractivity contribution < 1.29 is 0 Å². The van der Waals surface area contributed by atoms with Gasteiger partial charge in [-0.1, -0.05) is 6.92 Å². The van der Waals surface area contributed by atoms with Crippen LogP contribution in [0.2, 0.25) is 0 Å². The first-order valence-corrected chi connectivity index (χ1v) is 5.60. The molecule has 1 aliphatic rings. The Kier molecular flexibility index (Phi) is 3.19. The van der Waals surface area contributed by atoms with E-state index in [-0.39, 0.29) is 0 Å². The van der Waals surface area contributed by atoms with Crippen molar-refractivity contribution in [1.29, 1.82) is 0 Å². The quantitative estimate of drug-likeness (QED) is 0.746. The van der Waals surface area contributed by atoms with Gasteiger partial charge in [-0.3, -0.25) is 4.68 Å². The van der Waals surface area contributed by atoms with Crippen LogP contribution in [0.5, 0.6) is 0 Å². The lowest BCUT2D eigenvalue weighted by Crippen LogP contribution is -2.15. The molecule has 0 bridgehead atoms. The minimum absolute atomic E-state index is 0.959. The molecule has 1 aliphatic carbocycles. The minimum Gasteiger partial charge on any atom is -0.312 e. The van der Waals surface area contributed by atoms with Crippen molar-refractivity contribution in [3.8, 4) is 0 Å². The summed E-state index contributed by atoms with van der Waals surface area (Å²) in [5, 5.41) is 7.76. The first-order valence-electron chi connectivity index (χ1n) is 5.60. The highest BCUT2D eigenvalue weighted by Gasteiger charge is 2.20. The van der Waals surface area contributed by atoms with Gasteiger partial charge >= 0.3 is 0 Å². The van der Waals surface area contributed by atoms with Crippen LogP contribution in [0.3, 0.4) is 0 Å². The van der Waals surface area contributed by atoms with Gasteiger partial charge in [0.05, 0.1) is 6.20 Å². The number of aryl methyl sites for hydroxylation is 1. The Morgan fingerprint density at radius 1 is 1.57 bits per heavy atom. The van der Waals surface area contributed by atoms with Gasteiger partial charge in [-0.25, -0.2) is 0 Å². The van der Waals surface area contributed by atoms with Crippen molar-refractivity contribution in [2.45, 2.75) is 39.3 Å². The van der Waals surface area contributed by atoms with Gasteiger partial charge in [0.2, 0.25) is 0 Å². The Balaban J connectivity index is 1.71. The lowest BCUT2D eigenvalue weighted by molar-refractivity contribution is 0.600. The summed E-state index contributed by atoms with van der Waals surface area (Å²) in [5.74, 6) is 0.959. The molecule has 3 nitrogen and oxygen atoms in total. The average molecular weight is 193 g/mol. The smallest absolute Gasteiger partial charge is 0.0534 e. The minimum atomic E-state index is 0.959. The monoisotopic (exact) mass is 193 g/mol. The van der Waals surface area contributed by atoms with Gasteiger partial charge in [0.15, 0.2) is 0 Å². The normalized spacial score (nSPS) is 16.1. The Bertz CT molecular complexity index is 276. The molecule has 0 radical (unpaired) electrons. The zero-order valence-corrected chi connectivity index (χ0v) is 8.87. The zero-order chi connectivity index (χ0) is 9.80. The molecule has 1 fully saturated rings. The van der Waals surface area contributed by atoms with E-state index in [4.69, 9.17) is 0 Å². The maximum absolute atomic E-state index is 4.30. The molecule has 78 valence electrons. The maximum atomic E-state index is 4.30. The topological polar surface area (TPSA) is 29.9 Å². The largest absolute Gasteiger partial charge is 0.312 e. The lowest BCUT2D eigenvalue weighted by Gasteiger charge is -1.99. The van der Waals surface area contributed by atoms with E-state index in [2.05, 4.69) is 23.5 Å². The number of rotatable bonds is 6. The Hall–Kier alpha value is -0.830. The fourth-order valence-electron chi connectivity index (χ4n) is 1.59. The van der Waals surface area contributed by atoms with Gasteiger partial charge in [-0.2, -0.15) is 5.10 Å². The van der Waals surface area contributed by atoms with E-state index in [1.54, 1.807) is 0 Å². The predicted molar refractivity (Wildman–Crippen MR) is 56.9 cm³/mol. The molecular weight excluding hydrogens is 174 g/mol. The number of hydrogen-bond acceptors (Lipinski definition) is 2. The van der Waals surface area contributed by atoms with E-state index in [0.717, 1.165) is 25.4 Å². The standard InChI is InChI=1S/C11H19N3/c1-2-5-14-9-11(8-13-14)7-12-6-10-3-4-10/h8-10,12H,2-7H2,1H3. The molecule has 1 saturated carbocycles. The highest BCUT2D eigenvalue weighted by atomic mass is 15.3. The third kappa shape index (κ3) is 2.84. The number of hydrogen-bond donors (Lipinski definition) is 1. The second-order valence-corrected chi connectivity index (χ2v) is 4.19. The lowest BCUT2D eigenvalue weighted by atomic mass is 10.3. The summed E-state index contributed by atoms with van der Waals surface area (Å²) in [6.45, 7) is 5.36. The molecular formula is C11H19N3. The molecule has 0 aromatic carbocycles. The Labute approximate surface area is 85.5 Å². The highest BCUT2D eigenvalue weighted by molar-refractivity contribution is 5.03. The summed E-state index contributed by atoms with van der Waals surface area (Å²) >= 11 is 0. The molecule has 0 saturated heterocycles. The van der Waals surface area contributed by atoms with Crippen LogP contribution in [-0.2, 0) is 13.1 Å². The molecule has 1 aromatic rings. The van der Waals surface area contributed by atoms with Crippen LogP contribution in [0.15, 0.2) is 12.4 Å². The number of nitrogens with one attached hydrogen (secondary N) is 1. The van der Waals surface area contributed by atoms with Crippen LogP contribution >= 0.6 is 0 Å². The summed E-state index contributed by atoms with van der Waals surface area (Å²) < 4.78 is 2.02. The SMILES string of the molecule is CCCn1cc(CNCC2CC2)cn1. The summed E-state index contributed by atoms with van der Waals surface area (Å²) in [7, 11) is 0. The van der Waals surface area contributed by atoms with E-state index in [9.17, 15) is 0 Å². The van der Waals surface area contributed by atoms with Crippen molar-refractivity contribution in [3.63, 3.8) is 0 Å². The highest BCUT2D eigenvalue weighted by Crippen LogP contribution is 2.27. The van der Waals surface area contributed by atoms with Gasteiger partial charge in [-0.15, -0.1) is 0 Å². The summed E-state index contributed by atoms with van der Waals surface area (Å²) in [4.78, 5) is 0. The first-order chi connectivity index (χ1) is 6.88.